The maximum absolute atomic E-state index is 12.6. The number of carboxylic acid groups (broad SMARTS) is 1. The van der Waals surface area contributed by atoms with Crippen molar-refractivity contribution in [2.75, 3.05) is 6.54 Å². The number of pyridine rings is 1. The summed E-state index contributed by atoms with van der Waals surface area (Å²) in [5.74, 6) is 1.08. The molecule has 0 spiro atoms. The number of amides is 1. The molecule has 1 aromatic heterocycles. The standard InChI is InChI=1S/C16H18N2O3/c1-2-11-18(12-7-4-3-5-8-12)15(19)13-9-6-10-14(17-13)16(20)21/h1,6,9-10,12H,3-5,7-8,11H2,(H,20,21). The molecule has 0 bridgehead atoms. The molecule has 1 aliphatic rings. The smallest absolute Gasteiger partial charge is 0.354 e. The molecule has 1 N–H and O–H groups in total. The number of aromatic carboxylic acids is 1. The first-order valence-electron chi connectivity index (χ1n) is 7.08. The lowest BCUT2D eigenvalue weighted by Gasteiger charge is -2.32. The average Bonchev–Trinajstić information content (AvgIpc) is 2.53. The number of rotatable bonds is 4. The molecule has 0 unspecified atom stereocenters. The lowest BCUT2D eigenvalue weighted by atomic mass is 9.94. The van der Waals surface area contributed by atoms with Gasteiger partial charge < -0.3 is 10.0 Å². The Morgan fingerprint density at radius 3 is 2.57 bits per heavy atom. The molecule has 1 aliphatic carbocycles. The number of carbonyl (C=O) groups excluding carboxylic acids is 1. The van der Waals surface area contributed by atoms with Crippen LogP contribution < -0.4 is 0 Å². The summed E-state index contributed by atoms with van der Waals surface area (Å²) in [5, 5.41) is 8.96. The van der Waals surface area contributed by atoms with E-state index in [9.17, 15) is 9.59 Å². The van der Waals surface area contributed by atoms with Crippen LogP contribution in [-0.4, -0.2) is 39.5 Å². The van der Waals surface area contributed by atoms with Crippen molar-refractivity contribution in [2.45, 2.75) is 38.1 Å². The highest BCUT2D eigenvalue weighted by Gasteiger charge is 2.26. The number of nitrogens with zero attached hydrogens (tertiary/aromatic N) is 2. The minimum Gasteiger partial charge on any atom is -0.477 e. The molecule has 1 aromatic rings. The molecule has 0 saturated heterocycles. The number of carboxylic acids is 1. The summed E-state index contributed by atoms with van der Waals surface area (Å²) in [4.78, 5) is 29.1. The fraction of sp³-hybridized carbons (Fsp3) is 0.438. The molecule has 0 atom stereocenters. The zero-order valence-electron chi connectivity index (χ0n) is 11.8. The lowest BCUT2D eigenvalue weighted by Crippen LogP contribution is -2.42. The molecule has 0 aliphatic heterocycles. The zero-order chi connectivity index (χ0) is 15.2. The summed E-state index contributed by atoms with van der Waals surface area (Å²) in [6.45, 7) is 0.225. The first-order valence-corrected chi connectivity index (χ1v) is 7.08. The average molecular weight is 286 g/mol. The molecule has 21 heavy (non-hydrogen) atoms. The first kappa shape index (κ1) is 15.0. The van der Waals surface area contributed by atoms with Crippen LogP contribution in [0.5, 0.6) is 0 Å². The number of carbonyl (C=O) groups is 2. The predicted octanol–water partition coefficient (Wildman–Crippen LogP) is 2.19. The van der Waals surface area contributed by atoms with Crippen molar-refractivity contribution in [3.05, 3.63) is 29.6 Å². The van der Waals surface area contributed by atoms with E-state index in [0.29, 0.717) is 0 Å². The maximum Gasteiger partial charge on any atom is 0.354 e. The van der Waals surface area contributed by atoms with Crippen LogP contribution in [0, 0.1) is 12.3 Å². The first-order chi connectivity index (χ1) is 10.1. The van der Waals surface area contributed by atoms with E-state index in [1.165, 1.54) is 24.6 Å². The Morgan fingerprint density at radius 2 is 1.95 bits per heavy atom. The molecule has 5 nitrogen and oxygen atoms in total. The molecule has 1 heterocycles. The van der Waals surface area contributed by atoms with E-state index < -0.39 is 5.97 Å². The van der Waals surface area contributed by atoms with E-state index in [-0.39, 0.29) is 29.9 Å². The predicted molar refractivity (Wildman–Crippen MR) is 77.9 cm³/mol. The van der Waals surface area contributed by atoms with Crippen molar-refractivity contribution >= 4 is 11.9 Å². The highest BCUT2D eigenvalue weighted by Crippen LogP contribution is 2.23. The van der Waals surface area contributed by atoms with Crippen molar-refractivity contribution in [1.82, 2.24) is 9.88 Å². The molecular formula is C16H18N2O3. The van der Waals surface area contributed by atoms with Crippen molar-refractivity contribution in [1.29, 1.82) is 0 Å². The summed E-state index contributed by atoms with van der Waals surface area (Å²) < 4.78 is 0. The molecule has 2 rings (SSSR count). The fourth-order valence-corrected chi connectivity index (χ4v) is 2.68. The van der Waals surface area contributed by atoms with Crippen LogP contribution >= 0.6 is 0 Å². The van der Waals surface area contributed by atoms with Gasteiger partial charge in [0.15, 0.2) is 0 Å². The quantitative estimate of drug-likeness (QED) is 0.861. The van der Waals surface area contributed by atoms with Gasteiger partial charge in [-0.25, -0.2) is 9.78 Å². The normalized spacial score (nSPS) is 15.2. The zero-order valence-corrected chi connectivity index (χ0v) is 11.8. The van der Waals surface area contributed by atoms with Crippen molar-refractivity contribution in [3.63, 3.8) is 0 Å². The van der Waals surface area contributed by atoms with E-state index in [1.807, 2.05) is 0 Å². The minimum absolute atomic E-state index is 0.123. The molecule has 0 aromatic carbocycles. The number of aromatic nitrogens is 1. The second kappa shape index (κ2) is 6.89. The van der Waals surface area contributed by atoms with Gasteiger partial charge in [0, 0.05) is 6.04 Å². The van der Waals surface area contributed by atoms with E-state index in [1.54, 1.807) is 4.90 Å². The van der Waals surface area contributed by atoms with Gasteiger partial charge in [-0.3, -0.25) is 4.79 Å². The van der Waals surface area contributed by atoms with E-state index in [0.717, 1.165) is 25.7 Å². The van der Waals surface area contributed by atoms with Gasteiger partial charge in [-0.2, -0.15) is 0 Å². The lowest BCUT2D eigenvalue weighted by molar-refractivity contribution is 0.0660. The van der Waals surface area contributed by atoms with Crippen LogP contribution in [0.15, 0.2) is 18.2 Å². The Balaban J connectivity index is 2.23. The van der Waals surface area contributed by atoms with Crippen molar-refractivity contribution in [3.8, 4) is 12.3 Å². The van der Waals surface area contributed by atoms with Crippen molar-refractivity contribution in [2.24, 2.45) is 0 Å². The summed E-state index contributed by atoms with van der Waals surface area (Å²) in [6, 6.07) is 4.54. The van der Waals surface area contributed by atoms with E-state index in [4.69, 9.17) is 11.5 Å². The Morgan fingerprint density at radius 1 is 1.29 bits per heavy atom. The highest BCUT2D eigenvalue weighted by atomic mass is 16.4. The van der Waals surface area contributed by atoms with E-state index >= 15 is 0 Å². The summed E-state index contributed by atoms with van der Waals surface area (Å²) in [5.41, 5.74) is 0.000810. The summed E-state index contributed by atoms with van der Waals surface area (Å²) in [6.07, 6.45) is 10.6. The van der Waals surface area contributed by atoms with Crippen LogP contribution in [0.3, 0.4) is 0 Å². The van der Waals surface area contributed by atoms with Gasteiger partial charge in [0.2, 0.25) is 0 Å². The molecule has 5 heteroatoms. The molecule has 110 valence electrons. The molecular weight excluding hydrogens is 268 g/mol. The monoisotopic (exact) mass is 286 g/mol. The topological polar surface area (TPSA) is 70.5 Å². The maximum atomic E-state index is 12.6. The third-order valence-corrected chi connectivity index (χ3v) is 3.73. The number of terminal acetylenes is 1. The summed E-state index contributed by atoms with van der Waals surface area (Å²) >= 11 is 0. The molecule has 1 amide bonds. The highest BCUT2D eigenvalue weighted by molar-refractivity contribution is 5.94. The molecule has 1 fully saturated rings. The second-order valence-corrected chi connectivity index (χ2v) is 5.14. The second-order valence-electron chi connectivity index (χ2n) is 5.14. The van der Waals surface area contributed by atoms with Crippen LogP contribution in [0.25, 0.3) is 0 Å². The fourth-order valence-electron chi connectivity index (χ4n) is 2.68. The Hall–Kier alpha value is -2.35. The number of hydrogen-bond acceptors (Lipinski definition) is 3. The minimum atomic E-state index is -1.15. The van der Waals surface area contributed by atoms with Gasteiger partial charge in [-0.1, -0.05) is 31.2 Å². The summed E-state index contributed by atoms with van der Waals surface area (Å²) in [7, 11) is 0. The third-order valence-electron chi connectivity index (χ3n) is 3.73. The Bertz CT molecular complexity index is 571. The largest absolute Gasteiger partial charge is 0.477 e. The van der Waals surface area contributed by atoms with Crippen LogP contribution in [-0.2, 0) is 0 Å². The Labute approximate surface area is 124 Å². The van der Waals surface area contributed by atoms with Crippen LogP contribution in [0.2, 0.25) is 0 Å². The van der Waals surface area contributed by atoms with Gasteiger partial charge >= 0.3 is 5.97 Å². The van der Waals surface area contributed by atoms with Crippen LogP contribution in [0.4, 0.5) is 0 Å². The van der Waals surface area contributed by atoms with Crippen LogP contribution in [0.1, 0.15) is 53.1 Å². The third kappa shape index (κ3) is 3.60. The molecule has 1 saturated carbocycles. The van der Waals surface area contributed by atoms with Gasteiger partial charge in [-0.05, 0) is 25.0 Å². The van der Waals surface area contributed by atoms with Gasteiger partial charge in [0.1, 0.15) is 11.4 Å². The van der Waals surface area contributed by atoms with Gasteiger partial charge in [0.05, 0.1) is 6.54 Å². The number of hydrogen-bond donors (Lipinski definition) is 1. The molecule has 0 radical (unpaired) electrons. The van der Waals surface area contributed by atoms with Crippen molar-refractivity contribution < 1.29 is 14.7 Å². The van der Waals surface area contributed by atoms with Gasteiger partial charge in [-0.15, -0.1) is 6.42 Å². The van der Waals surface area contributed by atoms with E-state index in [2.05, 4.69) is 10.9 Å². The van der Waals surface area contributed by atoms with Gasteiger partial charge in [0.25, 0.3) is 5.91 Å². The SMILES string of the molecule is C#CCN(C(=O)c1cccc(C(=O)O)n1)C1CCCCC1. The Kier molecular flexibility index (Phi) is 4.94.